The van der Waals surface area contributed by atoms with Crippen LogP contribution in [0.1, 0.15) is 118 Å². The van der Waals surface area contributed by atoms with Crippen LogP contribution in [0, 0.1) is 13.8 Å². The lowest BCUT2D eigenvalue weighted by atomic mass is 9.93. The first kappa shape index (κ1) is 27.2. The van der Waals surface area contributed by atoms with E-state index in [4.69, 9.17) is 9.97 Å². The number of hydrogen-bond donors (Lipinski definition) is 2. The Morgan fingerprint density at radius 3 is 1.33 bits per heavy atom. The molecule has 0 spiro atoms. The van der Waals surface area contributed by atoms with Gasteiger partial charge in [0.05, 0.1) is 22.8 Å². The number of H-pyrrole nitrogens is 2. The van der Waals surface area contributed by atoms with Gasteiger partial charge in [-0.15, -0.1) is 0 Å². The molecular formula is C35H44N4. The van der Waals surface area contributed by atoms with Gasteiger partial charge in [-0.3, -0.25) is 0 Å². The van der Waals surface area contributed by atoms with E-state index in [2.05, 4.69) is 90.5 Å². The Kier molecular flexibility index (Phi) is 7.41. The van der Waals surface area contributed by atoms with Crippen molar-refractivity contribution in [1.82, 2.24) is 19.9 Å². The zero-order valence-corrected chi connectivity index (χ0v) is 25.4. The van der Waals surface area contributed by atoms with Crippen molar-refractivity contribution in [3.8, 4) is 0 Å². The summed E-state index contributed by atoms with van der Waals surface area (Å²) >= 11 is 0. The number of aromatic nitrogens is 4. The van der Waals surface area contributed by atoms with E-state index in [1.54, 1.807) is 0 Å². The third kappa shape index (κ3) is 4.38. The number of aryl methyl sites for hydroxylation is 4. The first-order valence-electron chi connectivity index (χ1n) is 14.9. The Balaban J connectivity index is 2.05. The van der Waals surface area contributed by atoms with Crippen molar-refractivity contribution in [2.24, 2.45) is 0 Å². The van der Waals surface area contributed by atoms with E-state index in [0.717, 1.165) is 72.3 Å². The highest BCUT2D eigenvalue weighted by molar-refractivity contribution is 5.97. The van der Waals surface area contributed by atoms with Crippen LogP contribution in [-0.4, -0.2) is 19.9 Å². The predicted octanol–water partition coefficient (Wildman–Crippen LogP) is 9.69. The number of fused-ring (bicyclic) bond motifs is 8. The van der Waals surface area contributed by atoms with E-state index < -0.39 is 0 Å². The fourth-order valence-corrected chi connectivity index (χ4v) is 6.67. The van der Waals surface area contributed by atoms with Gasteiger partial charge in [0.25, 0.3) is 0 Å². The van der Waals surface area contributed by atoms with E-state index in [9.17, 15) is 0 Å². The van der Waals surface area contributed by atoms with Gasteiger partial charge in [-0.05, 0) is 123 Å². The quantitative estimate of drug-likeness (QED) is 0.340. The largest absolute Gasteiger partial charge is 0.355 e. The molecule has 0 atom stereocenters. The molecule has 4 nitrogen and oxygen atoms in total. The summed E-state index contributed by atoms with van der Waals surface area (Å²) in [5.74, 6) is 0. The molecule has 3 aromatic heterocycles. The summed E-state index contributed by atoms with van der Waals surface area (Å²) in [7, 11) is 0. The standard InChI is InChI=1S/C35H44N4/c1-10-15-27-34-25(13-4)21(8)30(38-34)16-28-19(6)23(11-2)32(36-28)18-33-24(12-3)20(7)29(37-33)17-31-22(9)26(14-5)35(27)39-31/h16-18,36-37H,10-15H2,1-9H3. The predicted molar refractivity (Wildman–Crippen MR) is 169 cm³/mol. The number of hydrogen-bond acceptors (Lipinski definition) is 2. The molecule has 0 radical (unpaired) electrons. The van der Waals surface area contributed by atoms with Crippen molar-refractivity contribution < 1.29 is 0 Å². The minimum Gasteiger partial charge on any atom is -0.355 e. The maximum Gasteiger partial charge on any atom is 0.0725 e. The second-order valence-electron chi connectivity index (χ2n) is 11.1. The molecule has 0 amide bonds. The number of nitrogens with one attached hydrogen (secondary N) is 2. The van der Waals surface area contributed by atoms with Crippen LogP contribution in [0.15, 0.2) is 18.2 Å². The maximum absolute atomic E-state index is 5.35. The summed E-state index contributed by atoms with van der Waals surface area (Å²) < 4.78 is 0. The normalized spacial score (nSPS) is 13.7. The van der Waals surface area contributed by atoms with Crippen molar-refractivity contribution in [3.63, 3.8) is 0 Å². The average Bonchev–Trinajstić information content (AvgIpc) is 3.59. The van der Waals surface area contributed by atoms with E-state index >= 15 is 0 Å². The van der Waals surface area contributed by atoms with Gasteiger partial charge < -0.3 is 9.97 Å². The monoisotopic (exact) mass is 520 g/mol. The number of allylic oxidation sites excluding steroid dienone is 4. The summed E-state index contributed by atoms with van der Waals surface area (Å²) in [6, 6.07) is 6.86. The molecule has 0 aliphatic carbocycles. The van der Waals surface area contributed by atoms with Crippen molar-refractivity contribution in [1.29, 1.82) is 0 Å². The molecule has 5 heterocycles. The van der Waals surface area contributed by atoms with Crippen LogP contribution in [0.4, 0.5) is 0 Å². The fraction of sp³-hybridized carbons (Fsp3) is 0.429. The first-order valence-corrected chi connectivity index (χ1v) is 14.9. The van der Waals surface area contributed by atoms with Crippen LogP contribution in [0.5, 0.6) is 0 Å². The first-order chi connectivity index (χ1) is 18.8. The molecule has 5 rings (SSSR count). The van der Waals surface area contributed by atoms with Gasteiger partial charge in [0.2, 0.25) is 0 Å². The Morgan fingerprint density at radius 1 is 0.538 bits per heavy atom. The van der Waals surface area contributed by atoms with E-state index in [1.807, 2.05) is 0 Å². The Morgan fingerprint density at radius 2 is 0.974 bits per heavy atom. The van der Waals surface area contributed by atoms with Crippen LogP contribution in [0.25, 0.3) is 44.4 Å². The molecule has 0 saturated heterocycles. The molecule has 2 aliphatic rings. The second kappa shape index (κ2) is 10.6. The molecule has 2 N–H and O–H groups in total. The third-order valence-corrected chi connectivity index (χ3v) is 8.95. The van der Waals surface area contributed by atoms with Crippen LogP contribution in [0.3, 0.4) is 0 Å². The van der Waals surface area contributed by atoms with Crippen LogP contribution in [0.2, 0.25) is 0 Å². The molecule has 3 aromatic rings. The fourth-order valence-electron chi connectivity index (χ4n) is 6.67. The molecule has 204 valence electrons. The summed E-state index contributed by atoms with van der Waals surface area (Å²) in [5, 5.41) is 0. The summed E-state index contributed by atoms with van der Waals surface area (Å²) in [5.41, 5.74) is 21.1. The second-order valence-corrected chi connectivity index (χ2v) is 11.1. The SMILES string of the molecule is CCCc1c2nc(cc3[nH]c(cc4[nH]c(cc5nc1C(CC)=C5C)c(C)c4CC)c(CC)c3C)C(C)=C2CC. The van der Waals surface area contributed by atoms with Crippen LogP contribution >= 0.6 is 0 Å². The van der Waals surface area contributed by atoms with E-state index in [0.29, 0.717) is 0 Å². The van der Waals surface area contributed by atoms with Crippen LogP contribution in [-0.2, 0) is 19.3 Å². The molecule has 8 bridgehead atoms. The van der Waals surface area contributed by atoms with E-state index in [-0.39, 0.29) is 0 Å². The topological polar surface area (TPSA) is 57.4 Å². The Hall–Kier alpha value is -3.40. The van der Waals surface area contributed by atoms with Crippen LogP contribution < -0.4 is 0 Å². The summed E-state index contributed by atoms with van der Waals surface area (Å²) in [6.07, 6.45) is 5.91. The maximum atomic E-state index is 5.35. The lowest BCUT2D eigenvalue weighted by Crippen LogP contribution is -1.99. The molecule has 39 heavy (non-hydrogen) atoms. The average molecular weight is 521 g/mol. The lowest BCUT2D eigenvalue weighted by Gasteiger charge is -2.10. The number of nitrogens with zero attached hydrogens (tertiary/aromatic N) is 2. The molecule has 0 saturated carbocycles. The molecular weight excluding hydrogens is 476 g/mol. The van der Waals surface area contributed by atoms with Gasteiger partial charge in [0.1, 0.15) is 0 Å². The summed E-state index contributed by atoms with van der Waals surface area (Å²) in [6.45, 7) is 20.2. The number of aromatic amines is 2. The van der Waals surface area contributed by atoms with Gasteiger partial charge in [-0.2, -0.15) is 0 Å². The highest BCUT2D eigenvalue weighted by Gasteiger charge is 2.25. The van der Waals surface area contributed by atoms with Gasteiger partial charge >= 0.3 is 0 Å². The Labute approximate surface area is 233 Å². The number of rotatable bonds is 6. The minimum atomic E-state index is 0.961. The lowest BCUT2D eigenvalue weighted by molar-refractivity contribution is 0.898. The van der Waals surface area contributed by atoms with Gasteiger partial charge in [-0.25, -0.2) is 9.97 Å². The van der Waals surface area contributed by atoms with E-state index in [1.165, 1.54) is 61.1 Å². The molecule has 0 fully saturated rings. The Bertz CT molecular complexity index is 1570. The van der Waals surface area contributed by atoms with Gasteiger partial charge in [0.15, 0.2) is 0 Å². The molecule has 4 heteroatoms. The van der Waals surface area contributed by atoms with Gasteiger partial charge in [0, 0.05) is 27.6 Å². The zero-order valence-electron chi connectivity index (χ0n) is 25.4. The molecule has 2 aliphatic heterocycles. The summed E-state index contributed by atoms with van der Waals surface area (Å²) in [4.78, 5) is 18.3. The highest BCUT2D eigenvalue weighted by Crippen LogP contribution is 2.40. The van der Waals surface area contributed by atoms with Crippen molar-refractivity contribution in [2.45, 2.75) is 101 Å². The third-order valence-electron chi connectivity index (χ3n) is 8.95. The highest BCUT2D eigenvalue weighted by atomic mass is 14.8. The molecule has 0 aromatic carbocycles. The molecule has 0 unspecified atom stereocenters. The van der Waals surface area contributed by atoms with Crippen molar-refractivity contribution >= 4 is 44.4 Å². The zero-order chi connectivity index (χ0) is 28.0. The van der Waals surface area contributed by atoms with Crippen molar-refractivity contribution in [2.75, 3.05) is 0 Å². The smallest absolute Gasteiger partial charge is 0.0725 e. The minimum absolute atomic E-state index is 0.961. The van der Waals surface area contributed by atoms with Gasteiger partial charge in [-0.1, -0.05) is 41.0 Å². The van der Waals surface area contributed by atoms with Crippen molar-refractivity contribution in [3.05, 3.63) is 68.8 Å².